The molecule has 0 spiro atoms. The van der Waals surface area contributed by atoms with Crippen LogP contribution < -0.4 is 5.32 Å². The SMILES string of the molecule is CCCc1ccc([C@@H](NC(=O)C2=NN(C)C(=O)CC2)c2cccs2)cc1. The highest BCUT2D eigenvalue weighted by molar-refractivity contribution is 7.10. The van der Waals surface area contributed by atoms with Crippen molar-refractivity contribution in [1.29, 1.82) is 0 Å². The molecule has 1 atom stereocenters. The van der Waals surface area contributed by atoms with Gasteiger partial charge in [-0.3, -0.25) is 9.59 Å². The number of carbonyl (C=O) groups is 2. The van der Waals surface area contributed by atoms with Crippen molar-refractivity contribution >= 4 is 28.9 Å². The van der Waals surface area contributed by atoms with Gasteiger partial charge in [-0.15, -0.1) is 11.3 Å². The summed E-state index contributed by atoms with van der Waals surface area (Å²) in [6.45, 7) is 2.16. The van der Waals surface area contributed by atoms with Gasteiger partial charge in [-0.25, -0.2) is 5.01 Å². The molecule has 0 bridgehead atoms. The summed E-state index contributed by atoms with van der Waals surface area (Å²) < 4.78 is 0. The van der Waals surface area contributed by atoms with Crippen LogP contribution in [0.2, 0.25) is 0 Å². The van der Waals surface area contributed by atoms with E-state index < -0.39 is 0 Å². The zero-order valence-electron chi connectivity index (χ0n) is 15.1. The number of thiophene rings is 1. The minimum absolute atomic E-state index is 0.0668. The Hall–Kier alpha value is -2.47. The van der Waals surface area contributed by atoms with Crippen molar-refractivity contribution < 1.29 is 9.59 Å². The Balaban J connectivity index is 1.82. The molecule has 1 N–H and O–H groups in total. The fourth-order valence-corrected chi connectivity index (χ4v) is 3.79. The Morgan fingerprint density at radius 3 is 2.65 bits per heavy atom. The Morgan fingerprint density at radius 1 is 1.27 bits per heavy atom. The van der Waals surface area contributed by atoms with Crippen LogP contribution in [-0.4, -0.2) is 29.6 Å². The van der Waals surface area contributed by atoms with E-state index in [1.165, 1.54) is 10.6 Å². The van der Waals surface area contributed by atoms with E-state index in [0.29, 0.717) is 18.6 Å². The molecule has 5 nitrogen and oxygen atoms in total. The van der Waals surface area contributed by atoms with E-state index in [4.69, 9.17) is 0 Å². The number of nitrogens with one attached hydrogen (secondary N) is 1. The molecule has 2 heterocycles. The number of hydrazone groups is 1. The second-order valence-corrected chi connectivity index (χ2v) is 7.36. The summed E-state index contributed by atoms with van der Waals surface area (Å²) in [7, 11) is 1.58. The highest BCUT2D eigenvalue weighted by Gasteiger charge is 2.25. The molecule has 1 aromatic carbocycles. The highest BCUT2D eigenvalue weighted by Crippen LogP contribution is 2.27. The number of rotatable bonds is 6. The van der Waals surface area contributed by atoms with Crippen LogP contribution in [0, 0.1) is 0 Å². The maximum Gasteiger partial charge on any atom is 0.268 e. The molecular weight excluding hydrogens is 346 g/mol. The molecule has 1 aliphatic rings. The summed E-state index contributed by atoms with van der Waals surface area (Å²) in [6.07, 6.45) is 2.85. The first-order valence-corrected chi connectivity index (χ1v) is 9.73. The molecule has 6 heteroatoms. The van der Waals surface area contributed by atoms with E-state index >= 15 is 0 Å². The van der Waals surface area contributed by atoms with Gasteiger partial charge >= 0.3 is 0 Å². The van der Waals surface area contributed by atoms with Crippen molar-refractivity contribution in [2.24, 2.45) is 5.10 Å². The van der Waals surface area contributed by atoms with Gasteiger partial charge in [0.25, 0.3) is 5.91 Å². The van der Waals surface area contributed by atoms with Crippen molar-refractivity contribution in [3.05, 3.63) is 57.8 Å². The zero-order chi connectivity index (χ0) is 18.5. The average Bonchev–Trinajstić information content (AvgIpc) is 3.17. The fourth-order valence-electron chi connectivity index (χ4n) is 2.99. The largest absolute Gasteiger partial charge is 0.339 e. The van der Waals surface area contributed by atoms with Crippen molar-refractivity contribution in [3.63, 3.8) is 0 Å². The first kappa shape index (κ1) is 18.3. The molecule has 1 aromatic heterocycles. The summed E-state index contributed by atoms with van der Waals surface area (Å²) in [4.78, 5) is 25.4. The number of hydrogen-bond donors (Lipinski definition) is 1. The van der Waals surface area contributed by atoms with Crippen LogP contribution in [0.5, 0.6) is 0 Å². The first-order valence-electron chi connectivity index (χ1n) is 8.85. The number of carbonyl (C=O) groups excluding carboxylic acids is 2. The van der Waals surface area contributed by atoms with Gasteiger partial charge in [0.05, 0.1) is 6.04 Å². The summed E-state index contributed by atoms with van der Waals surface area (Å²) in [5.41, 5.74) is 2.74. The predicted molar refractivity (Wildman–Crippen MR) is 104 cm³/mol. The third kappa shape index (κ3) is 4.19. The van der Waals surface area contributed by atoms with Gasteiger partial charge in [0.1, 0.15) is 5.71 Å². The highest BCUT2D eigenvalue weighted by atomic mass is 32.1. The second kappa shape index (κ2) is 8.27. The van der Waals surface area contributed by atoms with Crippen molar-refractivity contribution in [1.82, 2.24) is 10.3 Å². The van der Waals surface area contributed by atoms with Crippen LogP contribution in [0.25, 0.3) is 0 Å². The quantitative estimate of drug-likeness (QED) is 0.847. The predicted octanol–water partition coefficient (Wildman–Crippen LogP) is 3.51. The standard InChI is InChI=1S/C20H23N3O2S/c1-3-5-14-7-9-15(10-8-14)19(17-6-4-13-26-17)21-20(25)16-11-12-18(24)23(2)22-16/h4,6-10,13,19H,3,5,11-12H2,1-2H3,(H,21,25)/t19-/m1/s1. The molecule has 2 aromatic rings. The van der Waals surface area contributed by atoms with E-state index in [1.807, 2.05) is 17.5 Å². The van der Waals surface area contributed by atoms with Crippen LogP contribution in [0.3, 0.4) is 0 Å². The lowest BCUT2D eigenvalue weighted by Gasteiger charge is -2.22. The van der Waals surface area contributed by atoms with Crippen LogP contribution in [0.15, 0.2) is 46.9 Å². The Kier molecular flexibility index (Phi) is 5.83. The van der Waals surface area contributed by atoms with Crippen LogP contribution in [-0.2, 0) is 16.0 Å². The summed E-state index contributed by atoms with van der Waals surface area (Å²) >= 11 is 1.61. The third-order valence-electron chi connectivity index (χ3n) is 4.42. The molecule has 136 valence electrons. The molecule has 0 fully saturated rings. The topological polar surface area (TPSA) is 61.8 Å². The monoisotopic (exact) mass is 369 g/mol. The van der Waals surface area contributed by atoms with Crippen LogP contribution in [0.1, 0.15) is 48.2 Å². The lowest BCUT2D eigenvalue weighted by atomic mass is 10.0. The molecule has 0 saturated heterocycles. The number of nitrogens with zero attached hydrogens (tertiary/aromatic N) is 2. The van der Waals surface area contributed by atoms with Gasteiger partial charge < -0.3 is 5.32 Å². The zero-order valence-corrected chi connectivity index (χ0v) is 15.9. The van der Waals surface area contributed by atoms with Crippen LogP contribution >= 0.6 is 11.3 Å². The average molecular weight is 369 g/mol. The minimum atomic E-state index is -0.222. The summed E-state index contributed by atoms with van der Waals surface area (Å²) in [5, 5.41) is 10.5. The van der Waals surface area contributed by atoms with E-state index in [1.54, 1.807) is 18.4 Å². The van der Waals surface area contributed by atoms with Gasteiger partial charge in [0, 0.05) is 24.8 Å². The molecule has 0 radical (unpaired) electrons. The van der Waals surface area contributed by atoms with Gasteiger partial charge in [-0.05, 0) is 29.0 Å². The van der Waals surface area contributed by atoms with Gasteiger partial charge in [-0.1, -0.05) is 43.7 Å². The Labute approximate surface area is 157 Å². The van der Waals surface area contributed by atoms with Crippen LogP contribution in [0.4, 0.5) is 0 Å². The van der Waals surface area contributed by atoms with E-state index in [9.17, 15) is 9.59 Å². The molecular formula is C20H23N3O2S. The number of benzene rings is 1. The maximum atomic E-state index is 12.7. The van der Waals surface area contributed by atoms with E-state index in [0.717, 1.165) is 23.3 Å². The lowest BCUT2D eigenvalue weighted by Crippen LogP contribution is -2.39. The molecule has 0 aliphatic carbocycles. The Morgan fingerprint density at radius 2 is 2.04 bits per heavy atom. The summed E-state index contributed by atoms with van der Waals surface area (Å²) in [5.74, 6) is -0.289. The van der Waals surface area contributed by atoms with Gasteiger partial charge in [0.15, 0.2) is 0 Å². The maximum absolute atomic E-state index is 12.7. The van der Waals surface area contributed by atoms with Gasteiger partial charge in [0.2, 0.25) is 5.91 Å². The molecule has 1 aliphatic heterocycles. The smallest absolute Gasteiger partial charge is 0.268 e. The summed E-state index contributed by atoms with van der Waals surface area (Å²) in [6, 6.07) is 12.2. The molecule has 3 rings (SSSR count). The molecule has 0 unspecified atom stereocenters. The second-order valence-electron chi connectivity index (χ2n) is 6.38. The van der Waals surface area contributed by atoms with Gasteiger partial charge in [-0.2, -0.15) is 5.10 Å². The Bertz CT molecular complexity index is 797. The van der Waals surface area contributed by atoms with Crippen molar-refractivity contribution in [2.75, 3.05) is 7.05 Å². The van der Waals surface area contributed by atoms with E-state index in [-0.39, 0.29) is 17.9 Å². The number of hydrogen-bond acceptors (Lipinski definition) is 4. The normalized spacial score (nSPS) is 15.5. The fraction of sp³-hybridized carbons (Fsp3) is 0.350. The van der Waals surface area contributed by atoms with Crippen molar-refractivity contribution in [3.8, 4) is 0 Å². The molecule has 26 heavy (non-hydrogen) atoms. The number of aryl methyl sites for hydroxylation is 1. The molecule has 0 saturated carbocycles. The first-order chi connectivity index (χ1) is 12.6. The minimum Gasteiger partial charge on any atom is -0.339 e. The molecule has 2 amide bonds. The van der Waals surface area contributed by atoms with Crippen molar-refractivity contribution in [2.45, 2.75) is 38.6 Å². The third-order valence-corrected chi connectivity index (χ3v) is 5.36. The number of amides is 2. The lowest BCUT2D eigenvalue weighted by molar-refractivity contribution is -0.130. The van der Waals surface area contributed by atoms with E-state index in [2.05, 4.69) is 41.6 Å².